The second kappa shape index (κ2) is 8.09. The average Bonchev–Trinajstić information content (AvgIpc) is 2.29. The number of sulfone groups is 1. The van der Waals surface area contributed by atoms with Crippen molar-refractivity contribution in [2.75, 3.05) is 50.8 Å². The lowest BCUT2D eigenvalue weighted by atomic mass is 10.4. The first-order valence-electron chi connectivity index (χ1n) is 6.75. The predicted octanol–water partition coefficient (Wildman–Crippen LogP) is 0.122. The zero-order chi connectivity index (χ0) is 13.4. The third-order valence-corrected chi connectivity index (χ3v) is 4.60. The Morgan fingerprint density at radius 3 is 2.50 bits per heavy atom. The Morgan fingerprint density at radius 2 is 1.89 bits per heavy atom. The highest BCUT2D eigenvalue weighted by Crippen LogP contribution is 2.02. The van der Waals surface area contributed by atoms with E-state index < -0.39 is 9.84 Å². The standard InChI is InChI=1S/C12H26N2O3S/c1-12(2)17-9-3-4-13-5-6-14-7-10-18(15,16)11-8-14/h12-13H,3-11H2,1-2H3. The second-order valence-electron chi connectivity index (χ2n) is 5.02. The lowest BCUT2D eigenvalue weighted by molar-refractivity contribution is 0.0770. The van der Waals surface area contributed by atoms with E-state index in [2.05, 4.69) is 10.2 Å². The van der Waals surface area contributed by atoms with Crippen LogP contribution < -0.4 is 5.32 Å². The van der Waals surface area contributed by atoms with Crippen LogP contribution in [0.25, 0.3) is 0 Å². The number of nitrogens with one attached hydrogen (secondary N) is 1. The van der Waals surface area contributed by atoms with Gasteiger partial charge in [0, 0.05) is 32.8 Å². The highest BCUT2D eigenvalue weighted by atomic mass is 32.2. The Labute approximate surface area is 111 Å². The van der Waals surface area contributed by atoms with Crippen LogP contribution in [-0.2, 0) is 14.6 Å². The number of ether oxygens (including phenoxy) is 1. The van der Waals surface area contributed by atoms with Gasteiger partial charge in [0.25, 0.3) is 0 Å². The number of rotatable bonds is 8. The Morgan fingerprint density at radius 1 is 1.22 bits per heavy atom. The van der Waals surface area contributed by atoms with E-state index in [9.17, 15) is 8.42 Å². The van der Waals surface area contributed by atoms with E-state index in [1.807, 2.05) is 13.8 Å². The Kier molecular flexibility index (Phi) is 7.14. The van der Waals surface area contributed by atoms with Crippen LogP contribution in [0.1, 0.15) is 20.3 Å². The summed E-state index contributed by atoms with van der Waals surface area (Å²) < 4.78 is 27.9. The average molecular weight is 278 g/mol. The van der Waals surface area contributed by atoms with Crippen LogP contribution >= 0.6 is 0 Å². The fourth-order valence-electron chi connectivity index (χ4n) is 1.85. The van der Waals surface area contributed by atoms with Crippen molar-refractivity contribution in [1.29, 1.82) is 0 Å². The smallest absolute Gasteiger partial charge is 0.152 e. The van der Waals surface area contributed by atoms with Crippen molar-refractivity contribution >= 4 is 9.84 Å². The maximum absolute atomic E-state index is 11.2. The highest BCUT2D eigenvalue weighted by molar-refractivity contribution is 7.91. The molecule has 1 aliphatic heterocycles. The van der Waals surface area contributed by atoms with Crippen LogP contribution in [0.2, 0.25) is 0 Å². The molecule has 18 heavy (non-hydrogen) atoms. The number of nitrogens with zero attached hydrogens (tertiary/aromatic N) is 1. The zero-order valence-corrected chi connectivity index (χ0v) is 12.3. The van der Waals surface area contributed by atoms with Gasteiger partial charge in [0.05, 0.1) is 17.6 Å². The summed E-state index contributed by atoms with van der Waals surface area (Å²) in [5, 5.41) is 3.36. The van der Waals surface area contributed by atoms with E-state index in [1.54, 1.807) is 0 Å². The fourth-order valence-corrected chi connectivity index (χ4v) is 3.13. The molecule has 0 unspecified atom stereocenters. The Bertz CT molecular complexity index is 303. The van der Waals surface area contributed by atoms with E-state index in [0.29, 0.717) is 30.7 Å². The molecule has 0 aromatic rings. The molecule has 1 aliphatic rings. The molecule has 0 bridgehead atoms. The minimum Gasteiger partial charge on any atom is -0.379 e. The second-order valence-corrected chi connectivity index (χ2v) is 7.32. The van der Waals surface area contributed by atoms with Gasteiger partial charge in [-0.25, -0.2) is 8.42 Å². The first-order chi connectivity index (χ1) is 8.49. The van der Waals surface area contributed by atoms with E-state index in [1.165, 1.54) is 0 Å². The zero-order valence-electron chi connectivity index (χ0n) is 11.5. The molecule has 1 fully saturated rings. The molecule has 0 aromatic heterocycles. The van der Waals surface area contributed by atoms with Gasteiger partial charge in [-0.2, -0.15) is 0 Å². The molecule has 0 aromatic carbocycles. The lowest BCUT2D eigenvalue weighted by Gasteiger charge is -2.26. The van der Waals surface area contributed by atoms with Crippen molar-refractivity contribution in [2.24, 2.45) is 0 Å². The maximum Gasteiger partial charge on any atom is 0.152 e. The largest absolute Gasteiger partial charge is 0.379 e. The SMILES string of the molecule is CC(C)OCCCNCCN1CCS(=O)(=O)CC1. The Balaban J connectivity index is 1.93. The van der Waals surface area contributed by atoms with E-state index >= 15 is 0 Å². The molecule has 108 valence electrons. The lowest BCUT2D eigenvalue weighted by Crippen LogP contribution is -2.43. The van der Waals surface area contributed by atoms with Gasteiger partial charge in [-0.3, -0.25) is 0 Å². The van der Waals surface area contributed by atoms with Gasteiger partial charge in [0.2, 0.25) is 0 Å². The summed E-state index contributed by atoms with van der Waals surface area (Å²) in [6, 6.07) is 0. The molecule has 0 atom stereocenters. The van der Waals surface area contributed by atoms with Gasteiger partial charge < -0.3 is 15.0 Å². The van der Waals surface area contributed by atoms with Crippen LogP contribution in [0.4, 0.5) is 0 Å². The van der Waals surface area contributed by atoms with Gasteiger partial charge in [-0.1, -0.05) is 0 Å². The molecule has 1 N–H and O–H groups in total. The molecule has 0 aliphatic carbocycles. The summed E-state index contributed by atoms with van der Waals surface area (Å²) in [6.45, 7) is 9.05. The first kappa shape index (κ1) is 15.9. The predicted molar refractivity (Wildman–Crippen MR) is 73.7 cm³/mol. The first-order valence-corrected chi connectivity index (χ1v) is 8.57. The normalized spacial score (nSPS) is 20.4. The molecule has 6 heteroatoms. The van der Waals surface area contributed by atoms with Crippen LogP contribution in [0.5, 0.6) is 0 Å². The molecule has 0 saturated carbocycles. The Hall–Kier alpha value is -0.170. The summed E-state index contributed by atoms with van der Waals surface area (Å²) in [6.07, 6.45) is 1.33. The van der Waals surface area contributed by atoms with E-state index in [4.69, 9.17) is 4.74 Å². The third kappa shape index (κ3) is 7.31. The monoisotopic (exact) mass is 278 g/mol. The molecule has 1 saturated heterocycles. The summed E-state index contributed by atoms with van der Waals surface area (Å²) >= 11 is 0. The highest BCUT2D eigenvalue weighted by Gasteiger charge is 2.20. The van der Waals surface area contributed by atoms with E-state index in [0.717, 1.165) is 32.7 Å². The summed E-state index contributed by atoms with van der Waals surface area (Å²) in [7, 11) is -2.75. The quantitative estimate of drug-likeness (QED) is 0.639. The molecule has 0 radical (unpaired) electrons. The topological polar surface area (TPSA) is 58.6 Å². The molecule has 0 spiro atoms. The summed E-state index contributed by atoms with van der Waals surface area (Å²) in [4.78, 5) is 2.21. The van der Waals surface area contributed by atoms with Gasteiger partial charge in [0.15, 0.2) is 9.84 Å². The number of hydrogen-bond donors (Lipinski definition) is 1. The molecular weight excluding hydrogens is 252 g/mol. The van der Waals surface area contributed by atoms with Gasteiger partial charge in [-0.05, 0) is 26.8 Å². The molecule has 1 rings (SSSR count). The van der Waals surface area contributed by atoms with Crippen molar-refractivity contribution in [3.8, 4) is 0 Å². The van der Waals surface area contributed by atoms with Crippen molar-refractivity contribution in [3.05, 3.63) is 0 Å². The van der Waals surface area contributed by atoms with Crippen LogP contribution in [0.15, 0.2) is 0 Å². The third-order valence-electron chi connectivity index (χ3n) is 2.99. The van der Waals surface area contributed by atoms with Crippen molar-refractivity contribution in [3.63, 3.8) is 0 Å². The molecular formula is C12H26N2O3S. The van der Waals surface area contributed by atoms with E-state index in [-0.39, 0.29) is 0 Å². The van der Waals surface area contributed by atoms with Crippen molar-refractivity contribution in [1.82, 2.24) is 10.2 Å². The maximum atomic E-state index is 11.2. The molecule has 1 heterocycles. The fraction of sp³-hybridized carbons (Fsp3) is 1.00. The van der Waals surface area contributed by atoms with Gasteiger partial charge >= 0.3 is 0 Å². The summed E-state index contributed by atoms with van der Waals surface area (Å²) in [5.74, 6) is 0.629. The minimum absolute atomic E-state index is 0.306. The van der Waals surface area contributed by atoms with Crippen LogP contribution in [0.3, 0.4) is 0 Å². The van der Waals surface area contributed by atoms with Crippen molar-refractivity contribution in [2.45, 2.75) is 26.4 Å². The van der Waals surface area contributed by atoms with Crippen LogP contribution in [-0.4, -0.2) is 70.3 Å². The van der Waals surface area contributed by atoms with Crippen molar-refractivity contribution < 1.29 is 13.2 Å². The van der Waals surface area contributed by atoms with Gasteiger partial charge in [0.1, 0.15) is 0 Å². The van der Waals surface area contributed by atoms with Gasteiger partial charge in [-0.15, -0.1) is 0 Å². The summed E-state index contributed by atoms with van der Waals surface area (Å²) in [5.41, 5.74) is 0. The van der Waals surface area contributed by atoms with Crippen LogP contribution in [0, 0.1) is 0 Å². The number of hydrogen-bond acceptors (Lipinski definition) is 5. The molecule has 0 amide bonds. The minimum atomic E-state index is -2.75. The molecule has 5 nitrogen and oxygen atoms in total.